The lowest BCUT2D eigenvalue weighted by atomic mass is 9.71. The average molecular weight is 702 g/mol. The Bertz CT molecular complexity index is 1810. The quantitative estimate of drug-likeness (QED) is 0.251. The van der Waals surface area contributed by atoms with E-state index in [1.54, 1.807) is 34.1 Å². The number of benzene rings is 2. The molecule has 5 N–H and O–H groups in total. The molecule has 13 heteroatoms. The van der Waals surface area contributed by atoms with Crippen LogP contribution in [0.5, 0.6) is 0 Å². The molecule has 3 saturated heterocycles. The van der Waals surface area contributed by atoms with Crippen LogP contribution in [0.25, 0.3) is 10.8 Å². The van der Waals surface area contributed by atoms with Crippen molar-refractivity contribution in [2.24, 2.45) is 11.7 Å². The van der Waals surface area contributed by atoms with Crippen LogP contribution in [0, 0.1) is 11.7 Å². The highest BCUT2D eigenvalue weighted by atomic mass is 19.1. The van der Waals surface area contributed by atoms with Crippen molar-refractivity contribution in [3.8, 4) is 0 Å². The maximum atomic E-state index is 15.0. The molecule has 2 aliphatic carbocycles. The first-order valence-corrected chi connectivity index (χ1v) is 18.4. The fourth-order valence-electron chi connectivity index (χ4n) is 8.34. The first kappa shape index (κ1) is 35.2. The minimum Gasteiger partial charge on any atom is -0.371 e. The number of aromatic amines is 1. The van der Waals surface area contributed by atoms with Gasteiger partial charge in [0.1, 0.15) is 5.82 Å². The second-order valence-electron chi connectivity index (χ2n) is 15.0. The van der Waals surface area contributed by atoms with Gasteiger partial charge in [0, 0.05) is 50.1 Å². The number of fused-ring (bicyclic) bond motifs is 4. The van der Waals surface area contributed by atoms with E-state index in [9.17, 15) is 23.6 Å². The molecule has 3 aliphatic heterocycles. The van der Waals surface area contributed by atoms with Gasteiger partial charge in [-0.05, 0) is 68.2 Å². The molecular weight excluding hydrogens is 653 g/mol. The maximum absolute atomic E-state index is 15.0. The van der Waals surface area contributed by atoms with Crippen molar-refractivity contribution in [3.63, 3.8) is 0 Å². The van der Waals surface area contributed by atoms with Gasteiger partial charge in [-0.25, -0.2) is 9.49 Å². The van der Waals surface area contributed by atoms with Crippen molar-refractivity contribution in [2.75, 3.05) is 45.9 Å². The van der Waals surface area contributed by atoms with Crippen molar-refractivity contribution in [1.29, 1.82) is 0 Å². The fourth-order valence-corrected chi connectivity index (χ4v) is 8.34. The van der Waals surface area contributed by atoms with Crippen molar-refractivity contribution in [1.82, 2.24) is 30.6 Å². The van der Waals surface area contributed by atoms with Gasteiger partial charge in [-0.3, -0.25) is 19.2 Å². The molecule has 0 unspecified atom stereocenters. The third-order valence-electron chi connectivity index (χ3n) is 11.8. The number of hydrogen-bond donors (Lipinski definition) is 4. The summed E-state index contributed by atoms with van der Waals surface area (Å²) in [7, 11) is 0. The van der Waals surface area contributed by atoms with Crippen LogP contribution in [-0.4, -0.2) is 101 Å². The van der Waals surface area contributed by atoms with Gasteiger partial charge >= 0.3 is 0 Å². The van der Waals surface area contributed by atoms with Crippen molar-refractivity contribution < 1.29 is 23.5 Å². The SMILES string of the molecule is N[C@@H](C(=O)NCC12CCC(NCC(=O)N3CCN(C(=O)c4cc(Cc5n[nH]c(=O)c6ccccc56)ccc4F)CC3)(CC1)CO2)C1CCCCC1. The number of nitrogens with zero attached hydrogens (tertiary/aromatic N) is 3. The van der Waals surface area contributed by atoms with E-state index < -0.39 is 17.8 Å². The lowest BCUT2D eigenvalue weighted by Gasteiger charge is -2.53. The Hall–Kier alpha value is -4.20. The molecular formula is C38H48FN7O5. The second-order valence-corrected chi connectivity index (χ2v) is 15.0. The number of aromatic nitrogens is 2. The third kappa shape index (κ3) is 7.56. The van der Waals surface area contributed by atoms with Gasteiger partial charge in [-0.15, -0.1) is 0 Å². The Morgan fingerprint density at radius 1 is 0.980 bits per heavy atom. The van der Waals surface area contributed by atoms with E-state index in [1.165, 1.54) is 12.5 Å². The van der Waals surface area contributed by atoms with Crippen LogP contribution in [0.1, 0.15) is 79.4 Å². The Morgan fingerprint density at radius 2 is 1.69 bits per heavy atom. The van der Waals surface area contributed by atoms with Gasteiger partial charge in [0.2, 0.25) is 11.8 Å². The van der Waals surface area contributed by atoms with Crippen LogP contribution in [-0.2, 0) is 20.7 Å². The van der Waals surface area contributed by atoms with Crippen molar-refractivity contribution in [3.05, 3.63) is 75.5 Å². The summed E-state index contributed by atoms with van der Waals surface area (Å²) in [5.41, 5.74) is 6.65. The minimum absolute atomic E-state index is 0.0286. The first-order chi connectivity index (χ1) is 24.6. The average Bonchev–Trinajstić information content (AvgIpc) is 3.18. The van der Waals surface area contributed by atoms with E-state index in [2.05, 4.69) is 20.8 Å². The standard InChI is InChI=1S/C38H48FN7O5/c39-30-11-10-25(21-31-27-8-4-5-9-28(27)34(48)44-43-31)20-29(30)36(50)46-18-16-45(17-19-46)32(47)22-42-37-12-14-38(15-13-37,51-24-37)23-41-35(49)33(40)26-6-2-1-3-7-26/h4-5,8-11,20,26,33,42H,1-3,6-7,12-19,21-24,40H2,(H,41,49)(H,44,48)/t33-,37?,38?/m1/s1. The first-order valence-electron chi connectivity index (χ1n) is 18.4. The maximum Gasteiger partial charge on any atom is 0.272 e. The summed E-state index contributed by atoms with van der Waals surface area (Å²) < 4.78 is 21.3. The Labute approximate surface area is 296 Å². The van der Waals surface area contributed by atoms with Gasteiger partial charge in [0.05, 0.1) is 41.4 Å². The van der Waals surface area contributed by atoms with Gasteiger partial charge in [-0.1, -0.05) is 43.5 Å². The van der Waals surface area contributed by atoms with E-state index in [4.69, 9.17) is 10.5 Å². The van der Waals surface area contributed by atoms with Crippen LogP contribution in [0.15, 0.2) is 47.3 Å². The number of carbonyl (C=O) groups is 3. The predicted octanol–water partition coefficient (Wildman–Crippen LogP) is 2.63. The molecule has 272 valence electrons. The summed E-state index contributed by atoms with van der Waals surface area (Å²) in [5.74, 6) is -0.901. The topological polar surface area (TPSA) is 163 Å². The summed E-state index contributed by atoms with van der Waals surface area (Å²) in [4.78, 5) is 55.0. The van der Waals surface area contributed by atoms with E-state index in [0.717, 1.165) is 51.4 Å². The molecule has 12 nitrogen and oxygen atoms in total. The van der Waals surface area contributed by atoms with Crippen molar-refractivity contribution >= 4 is 28.5 Å². The number of nitrogens with two attached hydrogens (primary N) is 1. The Kier molecular flexibility index (Phi) is 10.2. The third-order valence-corrected chi connectivity index (χ3v) is 11.8. The summed E-state index contributed by atoms with van der Waals surface area (Å²) in [6, 6.07) is 11.1. The number of carbonyl (C=O) groups excluding carboxylic acids is 3. The molecule has 0 radical (unpaired) electrons. The molecule has 2 bridgehead atoms. The Morgan fingerprint density at radius 3 is 2.39 bits per heavy atom. The summed E-state index contributed by atoms with van der Waals surface area (Å²) in [6.45, 7) is 2.42. The number of ether oxygens (including phenoxy) is 1. The number of rotatable bonds is 10. The van der Waals surface area contributed by atoms with Crippen LogP contribution in [0.3, 0.4) is 0 Å². The largest absolute Gasteiger partial charge is 0.371 e. The molecule has 3 amide bonds. The molecule has 2 saturated carbocycles. The van der Waals surface area contributed by atoms with Gasteiger partial charge in [-0.2, -0.15) is 5.10 Å². The normalized spacial score (nSPS) is 24.4. The zero-order valence-electron chi connectivity index (χ0n) is 29.1. The smallest absolute Gasteiger partial charge is 0.272 e. The van der Waals surface area contributed by atoms with Crippen LogP contribution in [0.4, 0.5) is 4.39 Å². The summed E-state index contributed by atoms with van der Waals surface area (Å²) >= 11 is 0. The van der Waals surface area contributed by atoms with E-state index in [0.29, 0.717) is 67.8 Å². The molecule has 51 heavy (non-hydrogen) atoms. The fraction of sp³-hybridized carbons (Fsp3) is 0.553. The second kappa shape index (κ2) is 14.8. The number of amides is 3. The highest BCUT2D eigenvalue weighted by Crippen LogP contribution is 2.43. The van der Waals surface area contributed by atoms with E-state index >= 15 is 0 Å². The van der Waals surface area contributed by atoms with Crippen LogP contribution >= 0.6 is 0 Å². The lowest BCUT2D eigenvalue weighted by Crippen LogP contribution is -2.65. The zero-order valence-corrected chi connectivity index (χ0v) is 29.1. The monoisotopic (exact) mass is 701 g/mol. The minimum atomic E-state index is -0.610. The summed E-state index contributed by atoms with van der Waals surface area (Å²) in [6.07, 6.45) is 9.15. The Balaban J connectivity index is 0.873. The van der Waals surface area contributed by atoms with Crippen molar-refractivity contribution in [2.45, 2.75) is 81.4 Å². The highest BCUT2D eigenvalue weighted by Gasteiger charge is 2.50. The lowest BCUT2D eigenvalue weighted by molar-refractivity contribution is -0.163. The zero-order chi connectivity index (χ0) is 35.6. The molecule has 5 aliphatic rings. The number of halogens is 1. The molecule has 2 aromatic carbocycles. The number of piperazine rings is 1. The molecule has 1 aromatic heterocycles. The predicted molar refractivity (Wildman–Crippen MR) is 189 cm³/mol. The van der Waals surface area contributed by atoms with Crippen LogP contribution < -0.4 is 21.9 Å². The van der Waals surface area contributed by atoms with Gasteiger partial charge < -0.3 is 30.9 Å². The van der Waals surface area contributed by atoms with E-state index in [-0.39, 0.29) is 46.5 Å². The molecule has 5 fully saturated rings. The number of H-pyrrole nitrogens is 1. The van der Waals surface area contributed by atoms with Crippen LogP contribution in [0.2, 0.25) is 0 Å². The molecule has 3 aromatic rings. The number of nitrogens with one attached hydrogen (secondary N) is 3. The van der Waals surface area contributed by atoms with Gasteiger partial charge in [0.25, 0.3) is 11.5 Å². The highest BCUT2D eigenvalue weighted by molar-refractivity contribution is 5.95. The summed E-state index contributed by atoms with van der Waals surface area (Å²) in [5, 5.41) is 14.5. The van der Waals surface area contributed by atoms with E-state index in [1.807, 2.05) is 12.1 Å². The van der Waals surface area contributed by atoms with Gasteiger partial charge in [0.15, 0.2) is 0 Å². The molecule has 8 rings (SSSR count). The number of hydrogen-bond acceptors (Lipinski definition) is 8. The molecule has 0 spiro atoms. The molecule has 4 heterocycles. The molecule has 1 atom stereocenters.